The minimum atomic E-state index is -0.952. The highest BCUT2D eigenvalue weighted by molar-refractivity contribution is 7.12. The average Bonchev–Trinajstić information content (AvgIpc) is 2.87. The summed E-state index contributed by atoms with van der Waals surface area (Å²) in [5.41, 5.74) is 0.841. The number of aromatic nitrogens is 1. The molecule has 0 saturated carbocycles. The number of carboxylic acid groups (broad SMARTS) is 1. The maximum Gasteiger partial charge on any atom is 0.346 e. The minimum Gasteiger partial charge on any atom is -0.477 e. The molecule has 0 spiro atoms. The second-order valence-electron chi connectivity index (χ2n) is 3.90. The first-order valence-corrected chi connectivity index (χ1v) is 6.46. The van der Waals surface area contributed by atoms with Gasteiger partial charge in [-0.2, -0.15) is 0 Å². The number of thiophene rings is 1. The van der Waals surface area contributed by atoms with E-state index in [9.17, 15) is 4.79 Å². The summed E-state index contributed by atoms with van der Waals surface area (Å²) in [6.07, 6.45) is 0. The first kappa shape index (κ1) is 11.7. The molecule has 1 aromatic carbocycles. The van der Waals surface area contributed by atoms with E-state index in [-0.39, 0.29) is 4.88 Å². The third-order valence-electron chi connectivity index (χ3n) is 2.58. The van der Waals surface area contributed by atoms with Gasteiger partial charge in [-0.25, -0.2) is 9.78 Å². The van der Waals surface area contributed by atoms with E-state index >= 15 is 0 Å². The van der Waals surface area contributed by atoms with E-state index in [4.69, 9.17) is 9.84 Å². The number of hydrogen-bond donors (Lipinski definition) is 1. The van der Waals surface area contributed by atoms with Gasteiger partial charge in [0.15, 0.2) is 0 Å². The summed E-state index contributed by atoms with van der Waals surface area (Å²) < 4.78 is 5.55. The van der Waals surface area contributed by atoms with Crippen molar-refractivity contribution in [2.75, 3.05) is 0 Å². The molecule has 3 aromatic rings. The number of fused-ring (bicyclic) bond motifs is 1. The molecule has 0 aliphatic heterocycles. The van der Waals surface area contributed by atoms with Gasteiger partial charge in [-0.15, -0.1) is 11.3 Å². The standard InChI is InChI=1S/C14H9NO3S/c16-14(17)12-7-10(8-19-12)18-13-6-5-9-3-1-2-4-11(9)15-13/h1-8H,(H,16,17). The Morgan fingerprint density at radius 3 is 2.84 bits per heavy atom. The van der Waals surface area contributed by atoms with E-state index in [1.165, 1.54) is 6.07 Å². The van der Waals surface area contributed by atoms with Crippen LogP contribution in [0.3, 0.4) is 0 Å². The number of rotatable bonds is 3. The largest absolute Gasteiger partial charge is 0.477 e. The lowest BCUT2D eigenvalue weighted by atomic mass is 10.2. The zero-order valence-corrected chi connectivity index (χ0v) is 10.6. The Morgan fingerprint density at radius 1 is 1.21 bits per heavy atom. The lowest BCUT2D eigenvalue weighted by Gasteiger charge is -2.03. The van der Waals surface area contributed by atoms with Gasteiger partial charge < -0.3 is 9.84 Å². The zero-order chi connectivity index (χ0) is 13.2. The first-order chi connectivity index (χ1) is 9.22. The van der Waals surface area contributed by atoms with E-state index in [1.807, 2.05) is 30.3 Å². The fourth-order valence-corrected chi connectivity index (χ4v) is 2.35. The maximum atomic E-state index is 10.8. The van der Waals surface area contributed by atoms with Gasteiger partial charge in [-0.1, -0.05) is 18.2 Å². The van der Waals surface area contributed by atoms with Crippen LogP contribution in [0.4, 0.5) is 0 Å². The molecule has 0 aliphatic rings. The molecule has 2 aromatic heterocycles. The van der Waals surface area contributed by atoms with Crippen LogP contribution >= 0.6 is 11.3 Å². The van der Waals surface area contributed by atoms with Crippen LogP contribution in [-0.2, 0) is 0 Å². The highest BCUT2D eigenvalue weighted by Gasteiger charge is 2.08. The summed E-state index contributed by atoms with van der Waals surface area (Å²) in [6.45, 7) is 0. The van der Waals surface area contributed by atoms with Crippen molar-refractivity contribution in [1.29, 1.82) is 0 Å². The van der Waals surface area contributed by atoms with E-state index in [1.54, 1.807) is 11.4 Å². The summed E-state index contributed by atoms with van der Waals surface area (Å²) in [6, 6.07) is 12.9. The van der Waals surface area contributed by atoms with Gasteiger partial charge in [0.1, 0.15) is 10.6 Å². The molecule has 1 N–H and O–H groups in total. The van der Waals surface area contributed by atoms with Crippen LogP contribution in [0.2, 0.25) is 0 Å². The number of ether oxygens (including phenoxy) is 1. The predicted octanol–water partition coefficient (Wildman–Crippen LogP) is 3.79. The molecule has 0 unspecified atom stereocenters. The predicted molar refractivity (Wildman–Crippen MR) is 73.1 cm³/mol. The van der Waals surface area contributed by atoms with Crippen LogP contribution in [0.5, 0.6) is 11.6 Å². The molecule has 3 rings (SSSR count). The summed E-state index contributed by atoms with van der Waals surface area (Å²) in [7, 11) is 0. The van der Waals surface area contributed by atoms with Gasteiger partial charge in [0.25, 0.3) is 0 Å². The highest BCUT2D eigenvalue weighted by atomic mass is 32.1. The minimum absolute atomic E-state index is 0.246. The van der Waals surface area contributed by atoms with Gasteiger partial charge in [-0.3, -0.25) is 0 Å². The van der Waals surface area contributed by atoms with Crippen LogP contribution in [0.1, 0.15) is 9.67 Å². The zero-order valence-electron chi connectivity index (χ0n) is 9.74. The molecule has 19 heavy (non-hydrogen) atoms. The summed E-state index contributed by atoms with van der Waals surface area (Å²) in [4.78, 5) is 15.4. The van der Waals surface area contributed by atoms with Crippen molar-refractivity contribution >= 4 is 28.2 Å². The fraction of sp³-hybridized carbons (Fsp3) is 0. The quantitative estimate of drug-likeness (QED) is 0.787. The van der Waals surface area contributed by atoms with E-state index in [0.29, 0.717) is 11.6 Å². The molecule has 0 fully saturated rings. The fourth-order valence-electron chi connectivity index (χ4n) is 1.71. The van der Waals surface area contributed by atoms with Crippen molar-refractivity contribution < 1.29 is 14.6 Å². The monoisotopic (exact) mass is 271 g/mol. The van der Waals surface area contributed by atoms with Gasteiger partial charge in [0.2, 0.25) is 5.88 Å². The van der Waals surface area contributed by atoms with Gasteiger partial charge >= 0.3 is 5.97 Å². The molecule has 0 saturated heterocycles. The molecule has 0 amide bonds. The number of benzene rings is 1. The number of hydrogen-bond acceptors (Lipinski definition) is 4. The Balaban J connectivity index is 1.89. The number of aromatic carboxylic acids is 1. The second-order valence-corrected chi connectivity index (χ2v) is 4.81. The Bertz CT molecular complexity index is 751. The van der Waals surface area contributed by atoms with Gasteiger partial charge in [-0.05, 0) is 12.1 Å². The molecule has 0 aliphatic carbocycles. The molecule has 94 valence electrons. The number of carboxylic acids is 1. The molecular formula is C14H9NO3S. The molecule has 2 heterocycles. The summed E-state index contributed by atoms with van der Waals surface area (Å²) >= 11 is 1.13. The SMILES string of the molecule is O=C(O)c1cc(Oc2ccc3ccccc3n2)cs1. The number of para-hydroxylation sites is 1. The van der Waals surface area contributed by atoms with Crippen molar-refractivity contribution in [2.24, 2.45) is 0 Å². The number of pyridine rings is 1. The number of carbonyl (C=O) groups is 1. The van der Waals surface area contributed by atoms with Crippen LogP contribution in [0.25, 0.3) is 10.9 Å². The average molecular weight is 271 g/mol. The van der Waals surface area contributed by atoms with Crippen molar-refractivity contribution in [3.8, 4) is 11.6 Å². The van der Waals surface area contributed by atoms with E-state index in [0.717, 1.165) is 22.2 Å². The van der Waals surface area contributed by atoms with Crippen molar-refractivity contribution in [2.45, 2.75) is 0 Å². The van der Waals surface area contributed by atoms with Crippen LogP contribution in [0, 0.1) is 0 Å². The third kappa shape index (κ3) is 2.41. The van der Waals surface area contributed by atoms with Crippen LogP contribution in [-0.4, -0.2) is 16.1 Å². The number of nitrogens with zero attached hydrogens (tertiary/aromatic N) is 1. The van der Waals surface area contributed by atoms with Gasteiger partial charge in [0, 0.05) is 22.9 Å². The second kappa shape index (κ2) is 4.70. The summed E-state index contributed by atoms with van der Waals surface area (Å²) in [5, 5.41) is 11.5. The Morgan fingerprint density at radius 2 is 2.05 bits per heavy atom. The lowest BCUT2D eigenvalue weighted by Crippen LogP contribution is -1.91. The molecular weight excluding hydrogens is 262 g/mol. The topological polar surface area (TPSA) is 59.4 Å². The normalized spacial score (nSPS) is 10.5. The molecule has 0 bridgehead atoms. The lowest BCUT2D eigenvalue weighted by molar-refractivity contribution is 0.0702. The van der Waals surface area contributed by atoms with Crippen molar-refractivity contribution in [1.82, 2.24) is 4.98 Å². The Hall–Kier alpha value is -2.40. The molecule has 0 atom stereocenters. The Labute approximate surface area is 112 Å². The molecule has 4 nitrogen and oxygen atoms in total. The van der Waals surface area contributed by atoms with Gasteiger partial charge in [0.05, 0.1) is 5.52 Å². The van der Waals surface area contributed by atoms with Crippen molar-refractivity contribution in [3.05, 3.63) is 52.7 Å². The first-order valence-electron chi connectivity index (χ1n) is 5.58. The highest BCUT2D eigenvalue weighted by Crippen LogP contribution is 2.27. The Kier molecular flexibility index (Phi) is 2.89. The molecule has 0 radical (unpaired) electrons. The molecule has 5 heteroatoms. The van der Waals surface area contributed by atoms with E-state index in [2.05, 4.69) is 4.98 Å². The smallest absolute Gasteiger partial charge is 0.346 e. The van der Waals surface area contributed by atoms with Crippen LogP contribution < -0.4 is 4.74 Å². The van der Waals surface area contributed by atoms with Crippen LogP contribution in [0.15, 0.2) is 47.8 Å². The van der Waals surface area contributed by atoms with Crippen molar-refractivity contribution in [3.63, 3.8) is 0 Å². The summed E-state index contributed by atoms with van der Waals surface area (Å²) in [5.74, 6) is -0.00931. The van der Waals surface area contributed by atoms with E-state index < -0.39 is 5.97 Å². The maximum absolute atomic E-state index is 10.8. The third-order valence-corrected chi connectivity index (χ3v) is 3.48.